The van der Waals surface area contributed by atoms with E-state index in [1.165, 1.54) is 0 Å². The van der Waals surface area contributed by atoms with Crippen molar-refractivity contribution in [3.8, 4) is 11.5 Å². The van der Waals surface area contributed by atoms with Crippen molar-refractivity contribution in [2.45, 2.75) is 58.7 Å². The van der Waals surface area contributed by atoms with Crippen LogP contribution in [0.2, 0.25) is 0 Å². The van der Waals surface area contributed by atoms with Gasteiger partial charge in [0.2, 0.25) is 0 Å². The first kappa shape index (κ1) is 13.2. The fourth-order valence-electron chi connectivity index (χ4n) is 2.66. The first-order valence-corrected chi connectivity index (χ1v) is 6.46. The normalized spacial score (nSPS) is 21.6. The van der Waals surface area contributed by atoms with Gasteiger partial charge in [-0.3, -0.25) is 0 Å². The lowest BCUT2D eigenvalue weighted by Gasteiger charge is -2.37. The zero-order chi connectivity index (χ0) is 13.7. The van der Waals surface area contributed by atoms with Gasteiger partial charge in [-0.1, -0.05) is 13.8 Å². The predicted molar refractivity (Wildman–Crippen MR) is 71.2 cm³/mol. The molecule has 2 N–H and O–H groups in total. The van der Waals surface area contributed by atoms with Crippen LogP contribution < -0.4 is 4.74 Å². The summed E-state index contributed by atoms with van der Waals surface area (Å²) < 4.78 is 5.95. The highest BCUT2D eigenvalue weighted by Gasteiger charge is 2.35. The smallest absolute Gasteiger partial charge is 0.126 e. The molecule has 1 unspecified atom stereocenters. The van der Waals surface area contributed by atoms with Crippen LogP contribution in [0.1, 0.15) is 62.8 Å². The van der Waals surface area contributed by atoms with Gasteiger partial charge in [0, 0.05) is 23.1 Å². The van der Waals surface area contributed by atoms with Gasteiger partial charge < -0.3 is 14.9 Å². The molecule has 0 bridgehead atoms. The highest BCUT2D eigenvalue weighted by Crippen LogP contribution is 2.46. The molecule has 3 heteroatoms. The van der Waals surface area contributed by atoms with Gasteiger partial charge in [-0.05, 0) is 32.8 Å². The quantitative estimate of drug-likeness (QED) is 0.803. The van der Waals surface area contributed by atoms with Gasteiger partial charge in [0.25, 0.3) is 0 Å². The summed E-state index contributed by atoms with van der Waals surface area (Å²) in [5.41, 5.74) is 1.97. The van der Waals surface area contributed by atoms with Crippen LogP contribution in [0.3, 0.4) is 0 Å². The number of phenolic OH excluding ortho intramolecular Hbond substituents is 1. The second kappa shape index (κ2) is 4.16. The number of hydrogen-bond acceptors (Lipinski definition) is 3. The second-order valence-corrected chi connectivity index (χ2v) is 6.09. The van der Waals surface area contributed by atoms with Gasteiger partial charge in [0.05, 0.1) is 6.10 Å². The predicted octanol–water partition coefficient (Wildman–Crippen LogP) is 3.42. The van der Waals surface area contributed by atoms with Crippen LogP contribution in [-0.2, 0) is 0 Å². The maximum Gasteiger partial charge on any atom is 0.126 e. The van der Waals surface area contributed by atoms with Crippen LogP contribution in [0.4, 0.5) is 0 Å². The number of rotatable bonds is 1. The molecule has 3 nitrogen and oxygen atoms in total. The van der Waals surface area contributed by atoms with Gasteiger partial charge in [-0.25, -0.2) is 0 Å². The maximum absolute atomic E-state index is 10.2. The Bertz CT molecular complexity index is 475. The average Bonchev–Trinajstić information content (AvgIpc) is 2.20. The molecule has 0 saturated heterocycles. The summed E-state index contributed by atoms with van der Waals surface area (Å²) >= 11 is 0. The van der Waals surface area contributed by atoms with E-state index >= 15 is 0 Å². The molecule has 0 radical (unpaired) electrons. The van der Waals surface area contributed by atoms with Crippen LogP contribution in [0, 0.1) is 6.92 Å². The summed E-state index contributed by atoms with van der Waals surface area (Å²) in [6.45, 7) is 9.84. The minimum atomic E-state index is -0.573. The van der Waals surface area contributed by atoms with E-state index in [2.05, 4.69) is 0 Å². The van der Waals surface area contributed by atoms with E-state index in [1.54, 1.807) is 0 Å². The third-order valence-electron chi connectivity index (χ3n) is 3.61. The number of aliphatic hydroxyl groups is 1. The number of ether oxygens (including phenoxy) is 1. The molecule has 100 valence electrons. The van der Waals surface area contributed by atoms with Crippen molar-refractivity contribution in [2.75, 3.05) is 0 Å². The Labute approximate surface area is 108 Å². The Kier molecular flexibility index (Phi) is 3.06. The molecule has 0 aromatic heterocycles. The average molecular weight is 250 g/mol. The molecule has 1 aliphatic heterocycles. The van der Waals surface area contributed by atoms with Gasteiger partial charge in [-0.2, -0.15) is 0 Å². The molecule has 1 atom stereocenters. The summed E-state index contributed by atoms with van der Waals surface area (Å²) in [6.07, 6.45) is -0.0303. The first-order valence-electron chi connectivity index (χ1n) is 6.46. The molecule has 1 aliphatic rings. The minimum Gasteiger partial charge on any atom is -0.507 e. The number of benzene rings is 1. The fourth-order valence-corrected chi connectivity index (χ4v) is 2.66. The van der Waals surface area contributed by atoms with Crippen molar-refractivity contribution in [3.05, 3.63) is 22.8 Å². The SMILES string of the molecule is Cc1c(O)c(C(C)C)cc2c1C(O)CC(C)(C)O2. The zero-order valence-electron chi connectivity index (χ0n) is 11.7. The lowest BCUT2D eigenvalue weighted by atomic mass is 9.86. The molecule has 18 heavy (non-hydrogen) atoms. The summed E-state index contributed by atoms with van der Waals surface area (Å²) in [4.78, 5) is 0. The van der Waals surface area contributed by atoms with Gasteiger partial charge in [-0.15, -0.1) is 0 Å². The third-order valence-corrected chi connectivity index (χ3v) is 3.61. The molecule has 2 rings (SSSR count). The molecule has 1 heterocycles. The van der Waals surface area contributed by atoms with Crippen molar-refractivity contribution < 1.29 is 14.9 Å². The Morgan fingerprint density at radius 1 is 1.39 bits per heavy atom. The maximum atomic E-state index is 10.2. The zero-order valence-corrected chi connectivity index (χ0v) is 11.7. The van der Waals surface area contributed by atoms with E-state index in [4.69, 9.17) is 4.74 Å². The standard InChI is InChI=1S/C15H22O3/c1-8(2)10-6-12-13(9(3)14(10)17)11(16)7-15(4,5)18-12/h6,8,11,16-17H,7H2,1-5H3. The number of aliphatic hydroxyl groups excluding tert-OH is 1. The van der Waals surface area contributed by atoms with Gasteiger partial charge >= 0.3 is 0 Å². The monoisotopic (exact) mass is 250 g/mol. The number of phenols is 1. The topological polar surface area (TPSA) is 49.7 Å². The molecule has 1 aromatic rings. The largest absolute Gasteiger partial charge is 0.507 e. The molecule has 1 aromatic carbocycles. The Morgan fingerprint density at radius 2 is 2.00 bits per heavy atom. The van der Waals surface area contributed by atoms with Crippen molar-refractivity contribution >= 4 is 0 Å². The van der Waals surface area contributed by atoms with E-state index in [1.807, 2.05) is 40.7 Å². The van der Waals surface area contributed by atoms with Crippen LogP contribution in [0.25, 0.3) is 0 Å². The van der Waals surface area contributed by atoms with E-state index in [0.717, 1.165) is 16.7 Å². The molecule has 0 fully saturated rings. The van der Waals surface area contributed by atoms with Gasteiger partial charge in [0.1, 0.15) is 17.1 Å². The van der Waals surface area contributed by atoms with Crippen LogP contribution in [0.5, 0.6) is 11.5 Å². The van der Waals surface area contributed by atoms with Crippen LogP contribution in [0.15, 0.2) is 6.07 Å². The van der Waals surface area contributed by atoms with Gasteiger partial charge in [0.15, 0.2) is 0 Å². The molecular weight excluding hydrogens is 228 g/mol. The van der Waals surface area contributed by atoms with E-state index in [0.29, 0.717) is 12.2 Å². The summed E-state index contributed by atoms with van der Waals surface area (Å²) in [6, 6.07) is 1.87. The summed E-state index contributed by atoms with van der Waals surface area (Å²) in [5.74, 6) is 1.21. The number of hydrogen-bond donors (Lipinski definition) is 2. The number of aromatic hydroxyl groups is 1. The molecule has 0 aliphatic carbocycles. The van der Waals surface area contributed by atoms with E-state index < -0.39 is 6.10 Å². The molecular formula is C15H22O3. The lowest BCUT2D eigenvalue weighted by molar-refractivity contribution is 0.0108. The Hall–Kier alpha value is -1.22. The second-order valence-electron chi connectivity index (χ2n) is 6.09. The van der Waals surface area contributed by atoms with Crippen molar-refractivity contribution in [1.82, 2.24) is 0 Å². The Balaban J connectivity index is 2.62. The molecule has 0 amide bonds. The Morgan fingerprint density at radius 3 is 2.56 bits per heavy atom. The van der Waals surface area contributed by atoms with E-state index in [-0.39, 0.29) is 17.3 Å². The van der Waals surface area contributed by atoms with Crippen molar-refractivity contribution in [1.29, 1.82) is 0 Å². The fraction of sp³-hybridized carbons (Fsp3) is 0.600. The van der Waals surface area contributed by atoms with E-state index in [9.17, 15) is 10.2 Å². The molecule has 0 saturated carbocycles. The van der Waals surface area contributed by atoms with Crippen molar-refractivity contribution in [2.24, 2.45) is 0 Å². The summed E-state index contributed by atoms with van der Waals surface area (Å²) in [5, 5.41) is 20.4. The first-order chi connectivity index (χ1) is 8.23. The molecule has 0 spiro atoms. The lowest BCUT2D eigenvalue weighted by Crippen LogP contribution is -2.35. The summed E-state index contributed by atoms with van der Waals surface area (Å²) in [7, 11) is 0. The third kappa shape index (κ3) is 2.07. The highest BCUT2D eigenvalue weighted by molar-refractivity contribution is 5.55. The number of fused-ring (bicyclic) bond motifs is 1. The minimum absolute atomic E-state index is 0.222. The van der Waals surface area contributed by atoms with Crippen molar-refractivity contribution in [3.63, 3.8) is 0 Å². The van der Waals surface area contributed by atoms with Crippen LogP contribution in [-0.4, -0.2) is 15.8 Å². The highest BCUT2D eigenvalue weighted by atomic mass is 16.5. The van der Waals surface area contributed by atoms with Crippen LogP contribution >= 0.6 is 0 Å².